The summed E-state index contributed by atoms with van der Waals surface area (Å²) in [6.45, 7) is 0.743. The lowest BCUT2D eigenvalue weighted by atomic mass is 9.97. The monoisotopic (exact) mass is 141 g/mol. The third-order valence-electron chi connectivity index (χ3n) is 2.42. The van der Waals surface area contributed by atoms with Crippen LogP contribution in [0.3, 0.4) is 0 Å². The number of likely N-dealkylation sites (N-methyl/N-ethyl adjacent to an activating group) is 1. The summed E-state index contributed by atoms with van der Waals surface area (Å²) in [7, 11) is 1.86. The minimum absolute atomic E-state index is 0.116. The van der Waals surface area contributed by atoms with Crippen LogP contribution in [0.4, 0.5) is 0 Å². The van der Waals surface area contributed by atoms with E-state index in [4.69, 9.17) is 4.74 Å². The van der Waals surface area contributed by atoms with Crippen LogP contribution in [-0.2, 0) is 9.53 Å². The third kappa shape index (κ3) is 0.669. The van der Waals surface area contributed by atoms with E-state index in [2.05, 4.69) is 0 Å². The molecule has 0 saturated carbocycles. The lowest BCUT2D eigenvalue weighted by Gasteiger charge is -2.42. The van der Waals surface area contributed by atoms with Crippen LogP contribution in [0.15, 0.2) is 0 Å². The van der Waals surface area contributed by atoms with E-state index in [-0.39, 0.29) is 12.0 Å². The normalized spacial score (nSPS) is 38.9. The number of piperidine rings is 1. The van der Waals surface area contributed by atoms with Crippen molar-refractivity contribution in [3.63, 3.8) is 0 Å². The van der Waals surface area contributed by atoms with Crippen LogP contribution in [-0.4, -0.2) is 36.6 Å². The average Bonchev–Trinajstić information content (AvgIpc) is 2.00. The van der Waals surface area contributed by atoms with E-state index < -0.39 is 0 Å². The number of carbonyl (C=O) groups excluding carboxylic acids is 1. The van der Waals surface area contributed by atoms with Crippen LogP contribution in [0.1, 0.15) is 12.8 Å². The standard InChI is InChI=1S/C7H11NO2/c1-8-5-2-3-6(7(8)9)10-4-5/h5-6H,2-4H2,1H3. The Morgan fingerprint density at radius 3 is 2.70 bits per heavy atom. The van der Waals surface area contributed by atoms with Crippen LogP contribution in [0, 0.1) is 0 Å². The fourth-order valence-electron chi connectivity index (χ4n) is 1.64. The number of fused-ring (bicyclic) bond motifs is 3. The number of nitrogens with zero attached hydrogens (tertiary/aromatic N) is 1. The summed E-state index contributed by atoms with van der Waals surface area (Å²) in [5, 5.41) is 0. The molecule has 0 aromatic carbocycles. The molecule has 3 heterocycles. The minimum Gasteiger partial charge on any atom is -0.366 e. The first-order valence-electron chi connectivity index (χ1n) is 3.67. The van der Waals surface area contributed by atoms with Gasteiger partial charge in [-0.05, 0) is 12.8 Å². The number of ether oxygens (including phenoxy) is 1. The number of amides is 1. The second kappa shape index (κ2) is 1.95. The molecule has 3 rings (SSSR count). The Hall–Kier alpha value is -0.570. The van der Waals surface area contributed by atoms with Crippen LogP contribution in [0.5, 0.6) is 0 Å². The van der Waals surface area contributed by atoms with Gasteiger partial charge in [0.2, 0.25) is 0 Å². The molecule has 56 valence electrons. The van der Waals surface area contributed by atoms with Gasteiger partial charge < -0.3 is 9.64 Å². The molecule has 3 saturated heterocycles. The van der Waals surface area contributed by atoms with E-state index in [1.807, 2.05) is 11.9 Å². The molecule has 0 spiro atoms. The number of carbonyl (C=O) groups is 1. The van der Waals surface area contributed by atoms with Gasteiger partial charge in [0.15, 0.2) is 0 Å². The van der Waals surface area contributed by atoms with Gasteiger partial charge in [-0.2, -0.15) is 0 Å². The summed E-state index contributed by atoms with van der Waals surface area (Å²) in [5.41, 5.74) is 0. The molecule has 2 unspecified atom stereocenters. The van der Waals surface area contributed by atoms with Gasteiger partial charge in [-0.25, -0.2) is 0 Å². The van der Waals surface area contributed by atoms with E-state index in [0.29, 0.717) is 6.04 Å². The molecule has 3 aliphatic rings. The molecule has 3 fully saturated rings. The molecule has 3 nitrogen and oxygen atoms in total. The Bertz CT molecular complexity index is 157. The van der Waals surface area contributed by atoms with Gasteiger partial charge in [-0.3, -0.25) is 4.79 Å². The highest BCUT2D eigenvalue weighted by molar-refractivity contribution is 5.82. The summed E-state index contributed by atoms with van der Waals surface area (Å²) in [5.74, 6) is 0.169. The summed E-state index contributed by atoms with van der Waals surface area (Å²) in [6, 6.07) is 0.359. The smallest absolute Gasteiger partial charge is 0.251 e. The van der Waals surface area contributed by atoms with Gasteiger partial charge in [-0.15, -0.1) is 0 Å². The summed E-state index contributed by atoms with van der Waals surface area (Å²) in [6.07, 6.45) is 1.93. The van der Waals surface area contributed by atoms with Crippen molar-refractivity contribution in [1.29, 1.82) is 0 Å². The lowest BCUT2D eigenvalue weighted by molar-refractivity contribution is -0.167. The summed E-state index contributed by atoms with van der Waals surface area (Å²) >= 11 is 0. The highest BCUT2D eigenvalue weighted by Crippen LogP contribution is 2.25. The fourth-order valence-corrected chi connectivity index (χ4v) is 1.64. The zero-order valence-corrected chi connectivity index (χ0v) is 6.04. The zero-order chi connectivity index (χ0) is 7.14. The van der Waals surface area contributed by atoms with E-state index in [1.165, 1.54) is 0 Å². The molecule has 10 heavy (non-hydrogen) atoms. The Morgan fingerprint density at radius 2 is 2.40 bits per heavy atom. The first kappa shape index (κ1) is 6.16. The van der Waals surface area contributed by atoms with Crippen LogP contribution >= 0.6 is 0 Å². The highest BCUT2D eigenvalue weighted by atomic mass is 16.5. The van der Waals surface area contributed by atoms with E-state index in [0.717, 1.165) is 19.4 Å². The van der Waals surface area contributed by atoms with Gasteiger partial charge in [0.1, 0.15) is 6.10 Å². The predicted molar refractivity (Wildman–Crippen MR) is 35.5 cm³/mol. The molecule has 2 atom stereocenters. The Kier molecular flexibility index (Phi) is 1.20. The summed E-state index contributed by atoms with van der Waals surface area (Å²) < 4.78 is 5.27. The van der Waals surface area contributed by atoms with Crippen LogP contribution < -0.4 is 0 Å². The topological polar surface area (TPSA) is 29.5 Å². The maximum atomic E-state index is 11.2. The number of hydrogen-bond acceptors (Lipinski definition) is 2. The van der Waals surface area contributed by atoms with Crippen molar-refractivity contribution in [3.05, 3.63) is 0 Å². The zero-order valence-electron chi connectivity index (χ0n) is 6.04. The molecule has 2 bridgehead atoms. The van der Waals surface area contributed by atoms with E-state index >= 15 is 0 Å². The third-order valence-corrected chi connectivity index (χ3v) is 2.42. The molecular formula is C7H11NO2. The molecule has 3 aliphatic heterocycles. The first-order chi connectivity index (χ1) is 4.79. The average molecular weight is 141 g/mol. The van der Waals surface area contributed by atoms with E-state index in [1.54, 1.807) is 0 Å². The van der Waals surface area contributed by atoms with Gasteiger partial charge in [0.05, 0.1) is 12.6 Å². The minimum atomic E-state index is -0.116. The maximum absolute atomic E-state index is 11.2. The Morgan fingerprint density at radius 1 is 1.60 bits per heavy atom. The largest absolute Gasteiger partial charge is 0.366 e. The Labute approximate surface area is 60.0 Å². The second-order valence-corrected chi connectivity index (χ2v) is 3.00. The van der Waals surface area contributed by atoms with Gasteiger partial charge in [-0.1, -0.05) is 0 Å². The maximum Gasteiger partial charge on any atom is 0.251 e. The molecule has 0 aromatic rings. The van der Waals surface area contributed by atoms with Crippen LogP contribution in [0.2, 0.25) is 0 Å². The molecule has 0 aromatic heterocycles. The molecule has 1 amide bonds. The van der Waals surface area contributed by atoms with Crippen molar-refractivity contribution < 1.29 is 9.53 Å². The van der Waals surface area contributed by atoms with Crippen molar-refractivity contribution >= 4 is 5.91 Å². The second-order valence-electron chi connectivity index (χ2n) is 3.00. The van der Waals surface area contributed by atoms with Crippen LogP contribution in [0.25, 0.3) is 0 Å². The SMILES string of the molecule is CN1C(=O)C2CCC1CO2. The van der Waals surface area contributed by atoms with Gasteiger partial charge >= 0.3 is 0 Å². The van der Waals surface area contributed by atoms with Crippen molar-refractivity contribution in [1.82, 2.24) is 4.90 Å². The van der Waals surface area contributed by atoms with Crippen molar-refractivity contribution in [2.75, 3.05) is 13.7 Å². The van der Waals surface area contributed by atoms with Gasteiger partial charge in [0.25, 0.3) is 5.91 Å². The molecule has 3 heteroatoms. The van der Waals surface area contributed by atoms with Crippen molar-refractivity contribution in [2.24, 2.45) is 0 Å². The van der Waals surface area contributed by atoms with Crippen molar-refractivity contribution in [2.45, 2.75) is 25.0 Å². The molecular weight excluding hydrogens is 130 g/mol. The fraction of sp³-hybridized carbons (Fsp3) is 0.857. The van der Waals surface area contributed by atoms with Gasteiger partial charge in [0, 0.05) is 7.05 Å². The molecule has 0 N–H and O–H groups in total. The lowest BCUT2D eigenvalue weighted by Crippen LogP contribution is -2.56. The molecule has 0 radical (unpaired) electrons. The predicted octanol–water partition coefficient (Wildman–Crippen LogP) is 0.00600. The Balaban J connectivity index is 2.20. The first-order valence-corrected chi connectivity index (χ1v) is 3.67. The molecule has 0 aliphatic carbocycles. The summed E-state index contributed by atoms with van der Waals surface area (Å²) in [4.78, 5) is 13.0. The van der Waals surface area contributed by atoms with Crippen molar-refractivity contribution in [3.8, 4) is 0 Å². The number of hydrogen-bond donors (Lipinski definition) is 0. The number of morpholine rings is 1. The van der Waals surface area contributed by atoms with E-state index in [9.17, 15) is 4.79 Å². The quantitative estimate of drug-likeness (QED) is 0.475. The number of rotatable bonds is 0. The highest BCUT2D eigenvalue weighted by Gasteiger charge is 2.38.